The summed E-state index contributed by atoms with van der Waals surface area (Å²) >= 11 is 0. The zero-order chi connectivity index (χ0) is 11.4. The van der Waals surface area contributed by atoms with Crippen LogP contribution in [0.4, 0.5) is 0 Å². The highest BCUT2D eigenvalue weighted by Gasteiger charge is 2.36. The first-order valence-corrected chi connectivity index (χ1v) is 5.39. The second kappa shape index (κ2) is 5.69. The second-order valence-electron chi connectivity index (χ2n) is 4.31. The number of nitrogens with zero attached hydrogens (tertiary/aromatic N) is 1. The van der Waals surface area contributed by atoms with Crippen molar-refractivity contribution in [3.05, 3.63) is 0 Å². The molecule has 0 aromatic heterocycles. The van der Waals surface area contributed by atoms with Gasteiger partial charge in [-0.05, 0) is 34.2 Å². The number of rotatable bonds is 6. The number of ether oxygens (including phenoxy) is 1. The van der Waals surface area contributed by atoms with Gasteiger partial charge < -0.3 is 10.5 Å². The zero-order valence-corrected chi connectivity index (χ0v) is 10.5. The molecule has 2 N–H and O–H groups in total. The SMILES string of the molecule is CCC(C)N(C)C(C)(CN)C(C)OC. The van der Waals surface area contributed by atoms with E-state index in [9.17, 15) is 0 Å². The average Bonchev–Trinajstić information content (AvgIpc) is 2.24. The zero-order valence-electron chi connectivity index (χ0n) is 10.5. The minimum atomic E-state index is -0.0792. The molecule has 0 aliphatic rings. The Bertz CT molecular complexity index is 163. The molecule has 3 nitrogen and oxygen atoms in total. The van der Waals surface area contributed by atoms with Crippen LogP contribution >= 0.6 is 0 Å². The Morgan fingerprint density at radius 2 is 1.93 bits per heavy atom. The third kappa shape index (κ3) is 2.69. The van der Waals surface area contributed by atoms with Crippen LogP contribution in [-0.2, 0) is 4.74 Å². The van der Waals surface area contributed by atoms with E-state index in [4.69, 9.17) is 10.5 Å². The lowest BCUT2D eigenvalue weighted by Gasteiger charge is -2.45. The fourth-order valence-electron chi connectivity index (χ4n) is 1.63. The molecule has 0 aliphatic carbocycles. The predicted molar refractivity (Wildman–Crippen MR) is 61.4 cm³/mol. The molecule has 0 amide bonds. The van der Waals surface area contributed by atoms with Crippen LogP contribution in [0.3, 0.4) is 0 Å². The van der Waals surface area contributed by atoms with Crippen LogP contribution in [0.25, 0.3) is 0 Å². The van der Waals surface area contributed by atoms with Gasteiger partial charge in [0, 0.05) is 19.7 Å². The summed E-state index contributed by atoms with van der Waals surface area (Å²) in [6.45, 7) is 9.26. The standard InChI is InChI=1S/C11H26N2O/c1-7-9(2)13(5)11(4,8-12)10(3)14-6/h9-10H,7-8,12H2,1-6H3. The summed E-state index contributed by atoms with van der Waals surface area (Å²) in [5.41, 5.74) is 5.78. The second-order valence-corrected chi connectivity index (χ2v) is 4.31. The van der Waals surface area contributed by atoms with Gasteiger partial charge in [0.25, 0.3) is 0 Å². The number of hydrogen-bond donors (Lipinski definition) is 1. The van der Waals surface area contributed by atoms with E-state index in [0.717, 1.165) is 6.42 Å². The van der Waals surface area contributed by atoms with Crippen molar-refractivity contribution in [2.24, 2.45) is 5.73 Å². The van der Waals surface area contributed by atoms with Gasteiger partial charge in [0.2, 0.25) is 0 Å². The van der Waals surface area contributed by atoms with Crippen LogP contribution in [0.1, 0.15) is 34.1 Å². The minimum absolute atomic E-state index is 0.0792. The number of nitrogens with two attached hydrogens (primary N) is 1. The molecule has 0 rings (SSSR count). The maximum atomic E-state index is 5.86. The summed E-state index contributed by atoms with van der Waals surface area (Å²) in [4.78, 5) is 2.32. The summed E-state index contributed by atoms with van der Waals surface area (Å²) in [6.07, 6.45) is 1.27. The number of hydrogen-bond acceptors (Lipinski definition) is 3. The van der Waals surface area contributed by atoms with Gasteiger partial charge in [0.1, 0.15) is 0 Å². The number of likely N-dealkylation sites (N-methyl/N-ethyl adjacent to an activating group) is 1. The van der Waals surface area contributed by atoms with E-state index < -0.39 is 0 Å². The Morgan fingerprint density at radius 1 is 1.43 bits per heavy atom. The molecule has 0 aromatic carbocycles. The first-order chi connectivity index (χ1) is 6.43. The fourth-order valence-corrected chi connectivity index (χ4v) is 1.63. The Hall–Kier alpha value is -0.120. The molecule has 3 unspecified atom stereocenters. The molecule has 0 aliphatic heterocycles. The molecule has 0 saturated carbocycles. The van der Waals surface area contributed by atoms with Gasteiger partial charge in [-0.25, -0.2) is 0 Å². The third-order valence-electron chi connectivity index (χ3n) is 3.70. The van der Waals surface area contributed by atoms with Gasteiger partial charge in [-0.1, -0.05) is 6.92 Å². The van der Waals surface area contributed by atoms with Gasteiger partial charge in [-0.3, -0.25) is 4.90 Å². The van der Waals surface area contributed by atoms with Crippen molar-refractivity contribution in [3.8, 4) is 0 Å². The highest BCUT2D eigenvalue weighted by molar-refractivity contribution is 4.93. The van der Waals surface area contributed by atoms with Gasteiger partial charge >= 0.3 is 0 Å². The molecule has 3 heteroatoms. The molecule has 86 valence electrons. The van der Waals surface area contributed by atoms with Gasteiger partial charge in [-0.2, -0.15) is 0 Å². The van der Waals surface area contributed by atoms with Crippen molar-refractivity contribution in [2.45, 2.75) is 51.8 Å². The van der Waals surface area contributed by atoms with Crippen LogP contribution in [-0.4, -0.2) is 43.3 Å². The molecular formula is C11H26N2O. The molecule has 0 aromatic rings. The summed E-state index contributed by atoms with van der Waals surface area (Å²) < 4.78 is 5.40. The van der Waals surface area contributed by atoms with Gasteiger partial charge in [0.15, 0.2) is 0 Å². The van der Waals surface area contributed by atoms with Crippen molar-refractivity contribution >= 4 is 0 Å². The summed E-state index contributed by atoms with van der Waals surface area (Å²) in [5.74, 6) is 0. The predicted octanol–water partition coefficient (Wildman–Crippen LogP) is 1.47. The van der Waals surface area contributed by atoms with Crippen LogP contribution < -0.4 is 5.73 Å². The fraction of sp³-hybridized carbons (Fsp3) is 1.00. The molecule has 0 bridgehead atoms. The van der Waals surface area contributed by atoms with E-state index in [1.165, 1.54) is 0 Å². The lowest BCUT2D eigenvalue weighted by atomic mass is 9.92. The van der Waals surface area contributed by atoms with E-state index in [-0.39, 0.29) is 11.6 Å². The summed E-state index contributed by atoms with van der Waals surface area (Å²) in [5, 5.41) is 0. The Morgan fingerprint density at radius 3 is 2.21 bits per heavy atom. The van der Waals surface area contributed by atoms with Crippen molar-refractivity contribution < 1.29 is 4.74 Å². The van der Waals surface area contributed by atoms with Gasteiger partial charge in [0.05, 0.1) is 11.6 Å². The quantitative estimate of drug-likeness (QED) is 0.709. The Labute approximate surface area is 88.6 Å². The van der Waals surface area contributed by atoms with E-state index in [2.05, 4.69) is 39.6 Å². The highest BCUT2D eigenvalue weighted by atomic mass is 16.5. The minimum Gasteiger partial charge on any atom is -0.380 e. The van der Waals surface area contributed by atoms with Crippen molar-refractivity contribution in [2.75, 3.05) is 20.7 Å². The Kier molecular flexibility index (Phi) is 5.64. The van der Waals surface area contributed by atoms with Crippen LogP contribution in [0.2, 0.25) is 0 Å². The molecule has 0 saturated heterocycles. The van der Waals surface area contributed by atoms with Crippen molar-refractivity contribution in [1.29, 1.82) is 0 Å². The van der Waals surface area contributed by atoms with Gasteiger partial charge in [-0.15, -0.1) is 0 Å². The van der Waals surface area contributed by atoms with Crippen LogP contribution in [0.5, 0.6) is 0 Å². The van der Waals surface area contributed by atoms with Crippen LogP contribution in [0.15, 0.2) is 0 Å². The molecule has 0 fully saturated rings. The lowest BCUT2D eigenvalue weighted by Crippen LogP contribution is -2.59. The van der Waals surface area contributed by atoms with Crippen LogP contribution in [0, 0.1) is 0 Å². The topological polar surface area (TPSA) is 38.5 Å². The highest BCUT2D eigenvalue weighted by Crippen LogP contribution is 2.22. The molecular weight excluding hydrogens is 176 g/mol. The van der Waals surface area contributed by atoms with E-state index in [1.54, 1.807) is 7.11 Å². The van der Waals surface area contributed by atoms with E-state index in [1.807, 2.05) is 0 Å². The Balaban J connectivity index is 4.66. The molecule has 14 heavy (non-hydrogen) atoms. The van der Waals surface area contributed by atoms with E-state index >= 15 is 0 Å². The van der Waals surface area contributed by atoms with E-state index in [0.29, 0.717) is 12.6 Å². The normalized spacial score (nSPS) is 20.6. The maximum Gasteiger partial charge on any atom is 0.0736 e. The summed E-state index contributed by atoms with van der Waals surface area (Å²) in [6, 6.07) is 0.529. The largest absolute Gasteiger partial charge is 0.380 e. The molecule has 0 heterocycles. The number of methoxy groups -OCH3 is 1. The lowest BCUT2D eigenvalue weighted by molar-refractivity contribution is -0.0352. The molecule has 3 atom stereocenters. The molecule has 0 spiro atoms. The molecule has 0 radical (unpaired) electrons. The maximum absolute atomic E-state index is 5.86. The average molecular weight is 202 g/mol. The van der Waals surface area contributed by atoms with Crippen molar-refractivity contribution in [3.63, 3.8) is 0 Å². The summed E-state index contributed by atoms with van der Waals surface area (Å²) in [7, 11) is 3.86. The monoisotopic (exact) mass is 202 g/mol. The smallest absolute Gasteiger partial charge is 0.0736 e. The third-order valence-corrected chi connectivity index (χ3v) is 3.70. The first kappa shape index (κ1) is 13.9. The first-order valence-electron chi connectivity index (χ1n) is 5.39. The van der Waals surface area contributed by atoms with Crippen molar-refractivity contribution in [1.82, 2.24) is 4.90 Å².